The van der Waals surface area contributed by atoms with E-state index in [4.69, 9.17) is 0 Å². The molecule has 36 heavy (non-hydrogen) atoms. The molecule has 3 heterocycles. The smallest absolute Gasteiger partial charge is 0.320 e. The van der Waals surface area contributed by atoms with E-state index in [9.17, 15) is 13.2 Å². The second-order valence-electron chi connectivity index (χ2n) is 10.0. The Hall–Kier alpha value is -3.27. The lowest BCUT2D eigenvalue weighted by molar-refractivity contribution is -0.141. The number of aromatic amines is 1. The van der Waals surface area contributed by atoms with Crippen LogP contribution in [0.5, 0.6) is 0 Å². The van der Waals surface area contributed by atoms with Crippen LogP contribution in [0.2, 0.25) is 0 Å². The largest absolute Gasteiger partial charge is 0.433 e. The Kier molecular flexibility index (Phi) is 6.32. The molecule has 0 spiro atoms. The first-order chi connectivity index (χ1) is 17.1. The number of alkyl halides is 3. The molecule has 3 aromatic heterocycles. The number of benzene rings is 1. The molecule has 1 saturated carbocycles. The van der Waals surface area contributed by atoms with Gasteiger partial charge in [-0.1, -0.05) is 38.5 Å². The Morgan fingerprint density at radius 1 is 1.14 bits per heavy atom. The number of hydrogen-bond donors (Lipinski definition) is 2. The van der Waals surface area contributed by atoms with Crippen LogP contribution in [0.25, 0.3) is 22.2 Å². The molecule has 1 aromatic carbocycles. The topological polar surface area (TPSA) is 84.3 Å². The molecule has 5 rings (SSSR count). The van der Waals surface area contributed by atoms with Crippen LogP contribution in [0, 0.1) is 5.92 Å². The molecule has 0 saturated heterocycles. The lowest BCUT2D eigenvalue weighted by Crippen LogP contribution is -2.27. The fourth-order valence-electron chi connectivity index (χ4n) is 5.16. The third kappa shape index (κ3) is 4.50. The van der Waals surface area contributed by atoms with Crippen molar-refractivity contribution in [3.05, 3.63) is 59.4 Å². The maximum atomic E-state index is 13.8. The summed E-state index contributed by atoms with van der Waals surface area (Å²) in [5.41, 5.74) is 2.17. The highest BCUT2D eigenvalue weighted by Gasteiger charge is 2.35. The van der Waals surface area contributed by atoms with E-state index in [2.05, 4.69) is 36.8 Å². The molecule has 0 amide bonds. The standard InChI is InChI=1S/C26H30F3N7/c1-14(2)31-15(3)22-24-19(12-20(32-22)26(27,28)29)23(33-34-24)18-10-6-9-17(11-18)21(16-7-5-8-16)25-35-30-13-36(25)4/h6,9-16,21,31H,5,7-8H2,1-4H3,(H,33,34)/t15-,21-/m1/s1. The minimum atomic E-state index is -4.57. The third-order valence-electron chi connectivity index (χ3n) is 7.03. The van der Waals surface area contributed by atoms with E-state index >= 15 is 0 Å². The van der Waals surface area contributed by atoms with E-state index in [1.54, 1.807) is 6.33 Å². The van der Waals surface area contributed by atoms with Crippen molar-refractivity contribution in [1.82, 2.24) is 35.3 Å². The molecule has 7 nitrogen and oxygen atoms in total. The van der Waals surface area contributed by atoms with Crippen molar-refractivity contribution in [2.75, 3.05) is 0 Å². The van der Waals surface area contributed by atoms with Crippen LogP contribution in [-0.4, -0.2) is 36.0 Å². The molecule has 1 fully saturated rings. The van der Waals surface area contributed by atoms with E-state index < -0.39 is 17.9 Å². The summed E-state index contributed by atoms with van der Waals surface area (Å²) in [5, 5.41) is 19.6. The summed E-state index contributed by atoms with van der Waals surface area (Å²) in [5.74, 6) is 1.41. The molecule has 190 valence electrons. The molecule has 0 aliphatic heterocycles. The summed E-state index contributed by atoms with van der Waals surface area (Å²) in [6.45, 7) is 5.70. The Balaban J connectivity index is 1.63. The van der Waals surface area contributed by atoms with E-state index in [0.717, 1.165) is 35.9 Å². The van der Waals surface area contributed by atoms with Crippen LogP contribution in [-0.2, 0) is 13.2 Å². The predicted octanol–water partition coefficient (Wildman–Crippen LogP) is 5.76. The molecule has 10 heteroatoms. The van der Waals surface area contributed by atoms with Crippen LogP contribution in [0.3, 0.4) is 0 Å². The Morgan fingerprint density at radius 2 is 1.92 bits per heavy atom. The van der Waals surface area contributed by atoms with Gasteiger partial charge in [-0.25, -0.2) is 4.98 Å². The van der Waals surface area contributed by atoms with Crippen molar-refractivity contribution in [2.24, 2.45) is 13.0 Å². The third-order valence-corrected chi connectivity index (χ3v) is 7.03. The van der Waals surface area contributed by atoms with Crippen LogP contribution < -0.4 is 5.32 Å². The number of H-pyrrole nitrogens is 1. The summed E-state index contributed by atoms with van der Waals surface area (Å²) >= 11 is 0. The maximum absolute atomic E-state index is 13.8. The Morgan fingerprint density at radius 3 is 2.53 bits per heavy atom. The van der Waals surface area contributed by atoms with Gasteiger partial charge in [0.2, 0.25) is 0 Å². The van der Waals surface area contributed by atoms with Gasteiger partial charge in [0.05, 0.1) is 11.2 Å². The molecule has 2 N–H and O–H groups in total. The van der Waals surface area contributed by atoms with Gasteiger partial charge in [-0.2, -0.15) is 18.3 Å². The lowest BCUT2D eigenvalue weighted by Gasteiger charge is -2.33. The van der Waals surface area contributed by atoms with Crippen molar-refractivity contribution >= 4 is 10.9 Å². The van der Waals surface area contributed by atoms with Crippen molar-refractivity contribution < 1.29 is 13.2 Å². The van der Waals surface area contributed by atoms with Gasteiger partial charge in [-0.05, 0) is 43.4 Å². The van der Waals surface area contributed by atoms with Gasteiger partial charge < -0.3 is 9.88 Å². The summed E-state index contributed by atoms with van der Waals surface area (Å²) in [4.78, 5) is 3.99. The van der Waals surface area contributed by atoms with Crippen LogP contribution >= 0.6 is 0 Å². The summed E-state index contributed by atoms with van der Waals surface area (Å²) in [6, 6.07) is 8.68. The predicted molar refractivity (Wildman–Crippen MR) is 131 cm³/mol. The Bertz CT molecular complexity index is 1370. The number of halogens is 3. The van der Waals surface area contributed by atoms with Gasteiger partial charge in [0.15, 0.2) is 0 Å². The fraction of sp³-hybridized carbons (Fsp3) is 0.462. The SMILES string of the molecule is CC(C)N[C@H](C)c1nc(C(F)(F)F)cc2c(-c3cccc([C@H](c4nncn4C)C4CCC4)c3)n[nH]c12. The number of hydrogen-bond acceptors (Lipinski definition) is 5. The van der Waals surface area contributed by atoms with Gasteiger partial charge >= 0.3 is 6.18 Å². The second-order valence-corrected chi connectivity index (χ2v) is 10.0. The Labute approximate surface area is 207 Å². The highest BCUT2D eigenvalue weighted by Crippen LogP contribution is 2.43. The average Bonchev–Trinajstić information content (AvgIpc) is 3.40. The molecule has 1 aliphatic rings. The molecular formula is C26H30F3N7. The maximum Gasteiger partial charge on any atom is 0.433 e. The zero-order valence-electron chi connectivity index (χ0n) is 20.8. The average molecular weight is 498 g/mol. The van der Waals surface area contributed by atoms with Gasteiger partial charge in [0, 0.05) is 36.0 Å². The number of nitrogens with zero attached hydrogens (tertiary/aromatic N) is 5. The molecule has 4 aromatic rings. The zero-order chi connectivity index (χ0) is 25.6. The monoisotopic (exact) mass is 497 g/mol. The van der Waals surface area contributed by atoms with Gasteiger partial charge in [0.1, 0.15) is 23.5 Å². The van der Waals surface area contributed by atoms with Crippen molar-refractivity contribution in [1.29, 1.82) is 0 Å². The first-order valence-corrected chi connectivity index (χ1v) is 12.3. The number of pyridine rings is 1. The van der Waals surface area contributed by atoms with E-state index in [1.807, 2.05) is 50.6 Å². The molecule has 0 radical (unpaired) electrons. The van der Waals surface area contributed by atoms with Crippen molar-refractivity contribution in [3.8, 4) is 11.3 Å². The number of aryl methyl sites for hydroxylation is 1. The van der Waals surface area contributed by atoms with E-state index in [-0.39, 0.29) is 12.0 Å². The second kappa shape index (κ2) is 9.31. The number of nitrogens with one attached hydrogen (secondary N) is 2. The zero-order valence-corrected chi connectivity index (χ0v) is 20.8. The summed E-state index contributed by atoms with van der Waals surface area (Å²) < 4.78 is 43.4. The molecular weight excluding hydrogens is 467 g/mol. The van der Waals surface area contributed by atoms with E-state index in [1.165, 1.54) is 6.42 Å². The van der Waals surface area contributed by atoms with Gasteiger partial charge in [-0.15, -0.1) is 10.2 Å². The minimum absolute atomic E-state index is 0.0645. The molecule has 2 atom stereocenters. The summed E-state index contributed by atoms with van der Waals surface area (Å²) in [7, 11) is 1.94. The molecule has 1 aliphatic carbocycles. The number of aromatic nitrogens is 6. The molecule has 0 unspecified atom stereocenters. The lowest BCUT2D eigenvalue weighted by atomic mass is 9.72. The van der Waals surface area contributed by atoms with Crippen LogP contribution in [0.1, 0.15) is 74.8 Å². The summed E-state index contributed by atoms with van der Waals surface area (Å²) in [6.07, 6.45) is 0.528. The first kappa shape index (κ1) is 24.4. The van der Waals surface area contributed by atoms with Crippen molar-refractivity contribution in [2.45, 2.75) is 64.2 Å². The quantitative estimate of drug-likeness (QED) is 0.339. The highest BCUT2D eigenvalue weighted by atomic mass is 19.4. The van der Waals surface area contributed by atoms with Crippen LogP contribution in [0.15, 0.2) is 36.7 Å². The fourth-order valence-corrected chi connectivity index (χ4v) is 5.16. The molecule has 0 bridgehead atoms. The number of rotatable bonds is 7. The van der Waals surface area contributed by atoms with Crippen molar-refractivity contribution in [3.63, 3.8) is 0 Å². The first-order valence-electron chi connectivity index (χ1n) is 12.3. The van der Waals surface area contributed by atoms with Gasteiger partial charge in [0.25, 0.3) is 0 Å². The normalized spacial score (nSPS) is 16.4. The van der Waals surface area contributed by atoms with E-state index in [0.29, 0.717) is 28.2 Å². The number of fused-ring (bicyclic) bond motifs is 1. The minimum Gasteiger partial charge on any atom is -0.320 e. The van der Waals surface area contributed by atoms with Crippen LogP contribution in [0.4, 0.5) is 13.2 Å². The highest BCUT2D eigenvalue weighted by molar-refractivity contribution is 5.94. The van der Waals surface area contributed by atoms with Gasteiger partial charge in [-0.3, -0.25) is 5.10 Å².